The van der Waals surface area contributed by atoms with E-state index >= 15 is 0 Å². The summed E-state index contributed by atoms with van der Waals surface area (Å²) in [6, 6.07) is 31.4. The van der Waals surface area contributed by atoms with Gasteiger partial charge in [-0.2, -0.15) is 0 Å². The number of hydrogen-bond acceptors (Lipinski definition) is 2. The average Bonchev–Trinajstić information content (AvgIpc) is 2.64. The van der Waals surface area contributed by atoms with Gasteiger partial charge in [0.1, 0.15) is 11.5 Å². The van der Waals surface area contributed by atoms with E-state index in [4.69, 9.17) is 8.85 Å². The Hall–Kier alpha value is -2.52. The van der Waals surface area contributed by atoms with Crippen molar-refractivity contribution in [2.24, 2.45) is 0 Å². The summed E-state index contributed by atoms with van der Waals surface area (Å²) in [6.07, 6.45) is 2.10. The van der Waals surface area contributed by atoms with Gasteiger partial charge >= 0.3 is 9.28 Å². The lowest BCUT2D eigenvalue weighted by atomic mass is 10.1. The average molecular weight is 333 g/mol. The Labute approximate surface area is 145 Å². The number of para-hydroxylation sites is 2. The monoisotopic (exact) mass is 333 g/mol. The molecule has 0 amide bonds. The molecule has 0 atom stereocenters. The summed E-state index contributed by atoms with van der Waals surface area (Å²) in [5.74, 6) is 1.75. The number of rotatable bonds is 8. The zero-order valence-corrected chi connectivity index (χ0v) is 14.6. The molecule has 0 aliphatic heterocycles. The molecule has 1 radical (unpaired) electrons. The number of hydrogen-bond donors (Lipinski definition) is 0. The van der Waals surface area contributed by atoms with Crippen LogP contribution in [0.2, 0.25) is 6.04 Å². The van der Waals surface area contributed by atoms with Crippen molar-refractivity contribution in [2.45, 2.75) is 18.9 Å². The third kappa shape index (κ3) is 5.28. The molecule has 0 aliphatic rings. The van der Waals surface area contributed by atoms with Gasteiger partial charge in [0.25, 0.3) is 0 Å². The first kappa shape index (κ1) is 16.3. The van der Waals surface area contributed by atoms with Crippen molar-refractivity contribution in [3.8, 4) is 11.5 Å². The molecule has 0 fully saturated rings. The third-order valence-electron chi connectivity index (χ3n) is 3.64. The molecule has 0 saturated carbocycles. The lowest BCUT2D eigenvalue weighted by molar-refractivity contribution is 0.418. The summed E-state index contributed by atoms with van der Waals surface area (Å²) >= 11 is 0. The molecule has 0 aliphatic carbocycles. The fraction of sp³-hybridized carbons (Fsp3) is 0.143. The van der Waals surface area contributed by atoms with Gasteiger partial charge in [0.15, 0.2) is 0 Å². The summed E-state index contributed by atoms with van der Waals surface area (Å²) in [5, 5.41) is 0. The number of aryl methyl sites for hydroxylation is 1. The first-order chi connectivity index (χ1) is 11.9. The van der Waals surface area contributed by atoms with E-state index in [0.717, 1.165) is 30.4 Å². The zero-order chi connectivity index (χ0) is 16.5. The molecular formula is C21H21O2Si. The Morgan fingerprint density at radius 2 is 1.04 bits per heavy atom. The van der Waals surface area contributed by atoms with Gasteiger partial charge in [-0.05, 0) is 42.7 Å². The van der Waals surface area contributed by atoms with Gasteiger partial charge in [0, 0.05) is 6.04 Å². The standard InChI is InChI=1S/C21H21O2Si/c1-4-11-19(12-5-1)13-10-18-24(22-20-14-6-2-7-15-20)23-21-16-8-3-9-17-21/h1-9,11-12,14-17H,10,13,18H2. The zero-order valence-electron chi connectivity index (χ0n) is 13.6. The Morgan fingerprint density at radius 3 is 1.54 bits per heavy atom. The van der Waals surface area contributed by atoms with Crippen LogP contribution in [0.25, 0.3) is 0 Å². The molecule has 0 bridgehead atoms. The first-order valence-corrected chi connectivity index (χ1v) is 9.78. The fourth-order valence-electron chi connectivity index (χ4n) is 2.44. The Morgan fingerprint density at radius 1 is 0.583 bits per heavy atom. The predicted octanol–water partition coefficient (Wildman–Crippen LogP) is 5.27. The highest BCUT2D eigenvalue weighted by Gasteiger charge is 2.20. The van der Waals surface area contributed by atoms with Crippen molar-refractivity contribution in [2.75, 3.05) is 0 Å². The lowest BCUT2D eigenvalue weighted by Gasteiger charge is -2.17. The van der Waals surface area contributed by atoms with Gasteiger partial charge in [-0.1, -0.05) is 66.7 Å². The highest BCUT2D eigenvalue weighted by molar-refractivity contribution is 6.46. The predicted molar refractivity (Wildman–Crippen MR) is 99.5 cm³/mol. The van der Waals surface area contributed by atoms with E-state index in [0.29, 0.717) is 0 Å². The molecule has 0 heterocycles. The van der Waals surface area contributed by atoms with Crippen LogP contribution in [0.1, 0.15) is 12.0 Å². The Balaban J connectivity index is 1.60. The summed E-state index contributed by atoms with van der Waals surface area (Å²) in [4.78, 5) is 0. The molecule has 0 saturated heterocycles. The molecule has 0 N–H and O–H groups in total. The first-order valence-electron chi connectivity index (χ1n) is 8.26. The molecule has 2 nitrogen and oxygen atoms in total. The third-order valence-corrected chi connectivity index (χ3v) is 5.33. The van der Waals surface area contributed by atoms with Crippen LogP contribution < -0.4 is 8.85 Å². The molecule has 0 spiro atoms. The van der Waals surface area contributed by atoms with E-state index in [1.165, 1.54) is 5.56 Å². The summed E-state index contributed by atoms with van der Waals surface area (Å²) in [5.41, 5.74) is 1.36. The largest absolute Gasteiger partial charge is 0.532 e. The Bertz CT molecular complexity index is 660. The molecule has 3 aromatic rings. The van der Waals surface area contributed by atoms with Crippen LogP contribution in [0.3, 0.4) is 0 Å². The van der Waals surface area contributed by atoms with E-state index in [2.05, 4.69) is 30.3 Å². The minimum atomic E-state index is -1.42. The number of benzene rings is 3. The van der Waals surface area contributed by atoms with E-state index in [-0.39, 0.29) is 0 Å². The topological polar surface area (TPSA) is 18.5 Å². The smallest absolute Gasteiger partial charge is 0.510 e. The summed E-state index contributed by atoms with van der Waals surface area (Å²) in [7, 11) is -1.42. The molecule has 3 rings (SSSR count). The van der Waals surface area contributed by atoms with Crippen molar-refractivity contribution in [3.63, 3.8) is 0 Å². The van der Waals surface area contributed by atoms with Crippen LogP contribution >= 0.6 is 0 Å². The lowest BCUT2D eigenvalue weighted by Crippen LogP contribution is -2.29. The quantitative estimate of drug-likeness (QED) is 0.523. The molecular weight excluding hydrogens is 312 g/mol. The second-order valence-electron chi connectivity index (χ2n) is 5.54. The van der Waals surface area contributed by atoms with E-state index in [9.17, 15) is 0 Å². The molecule has 3 heteroatoms. The van der Waals surface area contributed by atoms with Crippen LogP contribution in [0.5, 0.6) is 11.5 Å². The fourth-order valence-corrected chi connectivity index (χ4v) is 3.95. The van der Waals surface area contributed by atoms with Gasteiger partial charge in [-0.25, -0.2) is 0 Å². The molecule has 24 heavy (non-hydrogen) atoms. The minimum Gasteiger partial charge on any atom is -0.510 e. The van der Waals surface area contributed by atoms with E-state index in [1.807, 2.05) is 60.7 Å². The molecule has 121 valence electrons. The van der Waals surface area contributed by atoms with Gasteiger partial charge in [-0.3, -0.25) is 0 Å². The second kappa shape index (κ2) is 8.94. The van der Waals surface area contributed by atoms with Gasteiger partial charge in [0.05, 0.1) is 0 Å². The summed E-state index contributed by atoms with van der Waals surface area (Å²) < 4.78 is 12.3. The van der Waals surface area contributed by atoms with E-state index < -0.39 is 9.28 Å². The van der Waals surface area contributed by atoms with Gasteiger partial charge < -0.3 is 8.85 Å². The SMILES string of the molecule is c1ccc(CCC[Si](Oc2ccccc2)Oc2ccccc2)cc1. The molecule has 3 aromatic carbocycles. The maximum Gasteiger partial charge on any atom is 0.532 e. The van der Waals surface area contributed by atoms with Gasteiger partial charge in [0.2, 0.25) is 0 Å². The van der Waals surface area contributed by atoms with Crippen LogP contribution in [0, 0.1) is 0 Å². The molecule has 0 aromatic heterocycles. The maximum absolute atomic E-state index is 6.14. The highest BCUT2D eigenvalue weighted by atomic mass is 28.3. The summed E-state index contributed by atoms with van der Waals surface area (Å²) in [6.45, 7) is 0. The van der Waals surface area contributed by atoms with Crippen molar-refractivity contribution < 1.29 is 8.85 Å². The van der Waals surface area contributed by atoms with Crippen LogP contribution in [0.4, 0.5) is 0 Å². The highest BCUT2D eigenvalue weighted by Crippen LogP contribution is 2.17. The maximum atomic E-state index is 6.14. The van der Waals surface area contributed by atoms with Gasteiger partial charge in [-0.15, -0.1) is 0 Å². The second-order valence-corrected chi connectivity index (χ2v) is 7.19. The van der Waals surface area contributed by atoms with Crippen molar-refractivity contribution in [1.29, 1.82) is 0 Å². The normalized spacial score (nSPS) is 10.5. The Kier molecular flexibility index (Phi) is 6.09. The van der Waals surface area contributed by atoms with Crippen LogP contribution in [0.15, 0.2) is 91.0 Å². The van der Waals surface area contributed by atoms with Crippen molar-refractivity contribution in [1.82, 2.24) is 0 Å². The van der Waals surface area contributed by atoms with Crippen LogP contribution in [-0.2, 0) is 6.42 Å². The van der Waals surface area contributed by atoms with E-state index in [1.54, 1.807) is 0 Å². The molecule has 0 unspecified atom stereocenters. The van der Waals surface area contributed by atoms with Crippen molar-refractivity contribution in [3.05, 3.63) is 96.6 Å². The van der Waals surface area contributed by atoms with Crippen molar-refractivity contribution >= 4 is 9.28 Å². The minimum absolute atomic E-state index is 0.877. The van der Waals surface area contributed by atoms with Crippen LogP contribution in [-0.4, -0.2) is 9.28 Å².